The van der Waals surface area contributed by atoms with Crippen LogP contribution in [0, 0.1) is 23.7 Å². The first-order valence-corrected chi connectivity index (χ1v) is 6.05. The second-order valence-electron chi connectivity index (χ2n) is 5.77. The van der Waals surface area contributed by atoms with Crippen LogP contribution in [-0.2, 0) is 0 Å². The summed E-state index contributed by atoms with van der Waals surface area (Å²) in [5.41, 5.74) is -0.498. The molecule has 0 aromatic heterocycles. The van der Waals surface area contributed by atoms with E-state index in [1.165, 1.54) is 32.1 Å². The summed E-state index contributed by atoms with van der Waals surface area (Å²) < 4.78 is 0. The first kappa shape index (κ1) is 9.17. The van der Waals surface area contributed by atoms with E-state index >= 15 is 0 Å². The standard InChI is InChI=1S/C12H20O2/c13-2-1-12(14)10-4-8-3-9(6-10)7-11(12)5-8/h8-11,13-14H,1-7H2. The molecule has 4 aliphatic rings. The van der Waals surface area contributed by atoms with Crippen LogP contribution in [0.1, 0.15) is 38.5 Å². The van der Waals surface area contributed by atoms with E-state index in [0.29, 0.717) is 18.3 Å². The highest BCUT2D eigenvalue weighted by Gasteiger charge is 2.55. The minimum absolute atomic E-state index is 0.152. The maximum absolute atomic E-state index is 10.6. The van der Waals surface area contributed by atoms with Crippen molar-refractivity contribution in [1.29, 1.82) is 0 Å². The summed E-state index contributed by atoms with van der Waals surface area (Å²) in [4.78, 5) is 0. The SMILES string of the molecule is OCCC1(O)C2CC3CC(C2)CC1C3. The van der Waals surface area contributed by atoms with Crippen molar-refractivity contribution in [3.05, 3.63) is 0 Å². The molecule has 0 atom stereocenters. The van der Waals surface area contributed by atoms with Crippen molar-refractivity contribution < 1.29 is 10.2 Å². The third kappa shape index (κ3) is 1.10. The zero-order valence-corrected chi connectivity index (χ0v) is 8.65. The summed E-state index contributed by atoms with van der Waals surface area (Å²) in [6.45, 7) is 0.152. The average molecular weight is 196 g/mol. The quantitative estimate of drug-likeness (QED) is 0.703. The molecule has 4 bridgehead atoms. The smallest absolute Gasteiger partial charge is 0.0726 e. The van der Waals surface area contributed by atoms with Gasteiger partial charge in [0, 0.05) is 6.61 Å². The Kier molecular flexibility index (Phi) is 1.94. The fraction of sp³-hybridized carbons (Fsp3) is 1.00. The molecule has 0 unspecified atom stereocenters. The van der Waals surface area contributed by atoms with E-state index in [2.05, 4.69) is 0 Å². The molecule has 0 saturated heterocycles. The molecule has 14 heavy (non-hydrogen) atoms. The van der Waals surface area contributed by atoms with Crippen LogP contribution in [0.3, 0.4) is 0 Å². The lowest BCUT2D eigenvalue weighted by molar-refractivity contribution is -0.179. The van der Waals surface area contributed by atoms with Gasteiger partial charge in [-0.25, -0.2) is 0 Å². The number of hydrogen-bond acceptors (Lipinski definition) is 2. The van der Waals surface area contributed by atoms with E-state index in [0.717, 1.165) is 11.8 Å². The maximum atomic E-state index is 10.6. The van der Waals surface area contributed by atoms with Gasteiger partial charge in [-0.2, -0.15) is 0 Å². The Bertz CT molecular complexity index is 208. The summed E-state index contributed by atoms with van der Waals surface area (Å²) in [7, 11) is 0. The largest absolute Gasteiger partial charge is 0.396 e. The maximum Gasteiger partial charge on any atom is 0.0726 e. The minimum atomic E-state index is -0.498. The van der Waals surface area contributed by atoms with Gasteiger partial charge >= 0.3 is 0 Å². The van der Waals surface area contributed by atoms with Crippen molar-refractivity contribution in [2.24, 2.45) is 23.7 Å². The van der Waals surface area contributed by atoms with Gasteiger partial charge in [0.2, 0.25) is 0 Å². The summed E-state index contributed by atoms with van der Waals surface area (Å²) in [6.07, 6.45) is 6.93. The second kappa shape index (κ2) is 2.96. The molecule has 4 saturated carbocycles. The molecule has 4 fully saturated rings. The van der Waals surface area contributed by atoms with Gasteiger partial charge < -0.3 is 10.2 Å². The lowest BCUT2D eigenvalue weighted by Gasteiger charge is -2.59. The molecule has 0 aromatic rings. The Labute approximate surface area is 85.3 Å². The van der Waals surface area contributed by atoms with Crippen molar-refractivity contribution in [2.75, 3.05) is 6.61 Å². The first-order valence-electron chi connectivity index (χ1n) is 6.05. The van der Waals surface area contributed by atoms with Gasteiger partial charge in [0.1, 0.15) is 0 Å². The van der Waals surface area contributed by atoms with Crippen molar-refractivity contribution >= 4 is 0 Å². The van der Waals surface area contributed by atoms with Crippen molar-refractivity contribution in [1.82, 2.24) is 0 Å². The molecular weight excluding hydrogens is 176 g/mol. The van der Waals surface area contributed by atoms with E-state index in [-0.39, 0.29) is 6.61 Å². The van der Waals surface area contributed by atoms with Crippen LogP contribution in [0.15, 0.2) is 0 Å². The Balaban J connectivity index is 1.87. The van der Waals surface area contributed by atoms with Gasteiger partial charge in [-0.15, -0.1) is 0 Å². The van der Waals surface area contributed by atoms with Crippen LogP contribution in [0.4, 0.5) is 0 Å². The Morgan fingerprint density at radius 3 is 1.86 bits per heavy atom. The Hall–Kier alpha value is -0.0800. The van der Waals surface area contributed by atoms with Gasteiger partial charge in [0.15, 0.2) is 0 Å². The number of aliphatic hydroxyl groups is 2. The molecule has 80 valence electrons. The molecule has 2 N–H and O–H groups in total. The summed E-state index contributed by atoms with van der Waals surface area (Å²) >= 11 is 0. The molecule has 0 amide bonds. The molecular formula is C12H20O2. The van der Waals surface area contributed by atoms with E-state index in [1.54, 1.807) is 0 Å². The van der Waals surface area contributed by atoms with E-state index in [1.807, 2.05) is 0 Å². The molecule has 4 aliphatic carbocycles. The molecule has 4 rings (SSSR count). The number of rotatable bonds is 2. The minimum Gasteiger partial charge on any atom is -0.396 e. The fourth-order valence-electron chi connectivity index (χ4n) is 4.59. The molecule has 0 radical (unpaired) electrons. The summed E-state index contributed by atoms with van der Waals surface area (Å²) in [5.74, 6) is 2.81. The number of hydrogen-bond donors (Lipinski definition) is 2. The topological polar surface area (TPSA) is 40.5 Å². The average Bonchev–Trinajstić information content (AvgIpc) is 2.14. The van der Waals surface area contributed by atoms with Gasteiger partial charge in [0.05, 0.1) is 5.60 Å². The number of aliphatic hydroxyl groups excluding tert-OH is 1. The summed E-state index contributed by atoms with van der Waals surface area (Å²) in [5, 5.41) is 19.7. The van der Waals surface area contributed by atoms with Crippen molar-refractivity contribution in [3.63, 3.8) is 0 Å². The lowest BCUT2D eigenvalue weighted by atomic mass is 9.49. The van der Waals surface area contributed by atoms with Crippen molar-refractivity contribution in [3.8, 4) is 0 Å². The summed E-state index contributed by atoms with van der Waals surface area (Å²) in [6, 6.07) is 0. The predicted octanol–water partition coefficient (Wildman–Crippen LogP) is 1.56. The van der Waals surface area contributed by atoms with Crippen LogP contribution >= 0.6 is 0 Å². The normalized spacial score (nSPS) is 55.3. The molecule has 2 heteroatoms. The molecule has 0 spiro atoms. The van der Waals surface area contributed by atoms with E-state index in [4.69, 9.17) is 5.11 Å². The van der Waals surface area contributed by atoms with Gasteiger partial charge in [-0.05, 0) is 62.2 Å². The van der Waals surface area contributed by atoms with Crippen molar-refractivity contribution in [2.45, 2.75) is 44.1 Å². The third-order valence-corrected chi connectivity index (χ3v) is 5.06. The highest BCUT2D eigenvalue weighted by atomic mass is 16.3. The Morgan fingerprint density at radius 2 is 1.43 bits per heavy atom. The molecule has 0 aromatic carbocycles. The molecule has 0 aliphatic heterocycles. The third-order valence-electron chi connectivity index (χ3n) is 5.06. The highest BCUT2D eigenvalue weighted by molar-refractivity contribution is 5.06. The first-order chi connectivity index (χ1) is 6.72. The lowest BCUT2D eigenvalue weighted by Crippen LogP contribution is -2.57. The van der Waals surface area contributed by atoms with Crippen LogP contribution in [0.5, 0.6) is 0 Å². The Morgan fingerprint density at radius 1 is 0.929 bits per heavy atom. The van der Waals surface area contributed by atoms with Crippen LogP contribution in [0.2, 0.25) is 0 Å². The molecule has 2 nitrogen and oxygen atoms in total. The zero-order valence-electron chi connectivity index (χ0n) is 8.65. The van der Waals surface area contributed by atoms with Crippen LogP contribution < -0.4 is 0 Å². The van der Waals surface area contributed by atoms with Gasteiger partial charge in [-0.3, -0.25) is 0 Å². The van der Waals surface area contributed by atoms with Gasteiger partial charge in [-0.1, -0.05) is 0 Å². The van der Waals surface area contributed by atoms with Crippen LogP contribution in [0.25, 0.3) is 0 Å². The van der Waals surface area contributed by atoms with E-state index in [9.17, 15) is 5.11 Å². The monoisotopic (exact) mass is 196 g/mol. The second-order valence-corrected chi connectivity index (χ2v) is 5.77. The zero-order chi connectivity index (χ0) is 9.76. The fourth-order valence-corrected chi connectivity index (χ4v) is 4.59. The van der Waals surface area contributed by atoms with Gasteiger partial charge in [0.25, 0.3) is 0 Å². The highest BCUT2D eigenvalue weighted by Crippen LogP contribution is 2.59. The van der Waals surface area contributed by atoms with E-state index < -0.39 is 5.60 Å². The molecule has 0 heterocycles. The van der Waals surface area contributed by atoms with Crippen LogP contribution in [-0.4, -0.2) is 22.4 Å². The predicted molar refractivity (Wildman–Crippen MR) is 53.7 cm³/mol.